The van der Waals surface area contributed by atoms with E-state index in [1.54, 1.807) is 18.0 Å². The molecule has 132 valence electrons. The number of aryl methyl sites for hydroxylation is 1. The number of amides is 2. The fraction of sp³-hybridized carbons (Fsp3) is 0.222. The number of carbonyl (C=O) groups excluding carboxylic acids is 2. The van der Waals surface area contributed by atoms with Gasteiger partial charge in [0.15, 0.2) is 0 Å². The summed E-state index contributed by atoms with van der Waals surface area (Å²) in [5.41, 5.74) is 2.05. The van der Waals surface area contributed by atoms with Crippen LogP contribution in [0.2, 0.25) is 0 Å². The molecule has 0 saturated heterocycles. The second-order valence-electron chi connectivity index (χ2n) is 5.74. The summed E-state index contributed by atoms with van der Waals surface area (Å²) >= 11 is 3.37. The maximum atomic E-state index is 13.1. The fourth-order valence-corrected chi connectivity index (χ4v) is 2.75. The highest BCUT2D eigenvalue weighted by Gasteiger charge is 2.12. The van der Waals surface area contributed by atoms with Gasteiger partial charge in [-0.2, -0.15) is 0 Å². The molecule has 0 saturated carbocycles. The summed E-state index contributed by atoms with van der Waals surface area (Å²) in [6, 6.07) is 11.2. The van der Waals surface area contributed by atoms with Gasteiger partial charge in [-0.15, -0.1) is 0 Å². The van der Waals surface area contributed by atoms with E-state index in [2.05, 4.69) is 26.6 Å². The van der Waals surface area contributed by atoms with Crippen LogP contribution in [-0.4, -0.2) is 36.9 Å². The van der Waals surface area contributed by atoms with Crippen LogP contribution in [0, 0.1) is 12.7 Å². The molecule has 0 heterocycles. The first kappa shape index (κ1) is 19.1. The van der Waals surface area contributed by atoms with Crippen molar-refractivity contribution in [3.63, 3.8) is 0 Å². The van der Waals surface area contributed by atoms with Gasteiger partial charge < -0.3 is 10.6 Å². The number of rotatable bonds is 6. The molecule has 2 aromatic carbocycles. The first-order chi connectivity index (χ1) is 11.8. The molecule has 0 atom stereocenters. The lowest BCUT2D eigenvalue weighted by atomic mass is 10.2. The number of benzene rings is 2. The third-order valence-corrected chi connectivity index (χ3v) is 3.89. The molecule has 0 bridgehead atoms. The number of halogens is 2. The van der Waals surface area contributed by atoms with Crippen LogP contribution in [0.5, 0.6) is 0 Å². The van der Waals surface area contributed by atoms with Crippen LogP contribution in [0.25, 0.3) is 0 Å². The number of likely N-dealkylation sites (N-methyl/N-ethyl adjacent to an activating group) is 1. The van der Waals surface area contributed by atoms with Gasteiger partial charge in [-0.1, -0.05) is 22.0 Å². The van der Waals surface area contributed by atoms with Crippen molar-refractivity contribution < 1.29 is 14.0 Å². The molecule has 0 aliphatic carbocycles. The Bertz CT molecular complexity index is 783. The monoisotopic (exact) mass is 407 g/mol. The summed E-state index contributed by atoms with van der Waals surface area (Å²) in [7, 11) is 1.67. The lowest BCUT2D eigenvalue weighted by molar-refractivity contribution is -0.119. The van der Waals surface area contributed by atoms with Gasteiger partial charge in [-0.3, -0.25) is 14.5 Å². The lowest BCUT2D eigenvalue weighted by Gasteiger charge is -2.16. The molecular formula is C18H19BrFN3O2. The molecule has 0 aliphatic rings. The Labute approximate surface area is 154 Å². The number of hydrogen-bond donors (Lipinski definition) is 2. The van der Waals surface area contributed by atoms with Crippen molar-refractivity contribution in [1.82, 2.24) is 4.90 Å². The van der Waals surface area contributed by atoms with E-state index in [9.17, 15) is 14.0 Å². The fourth-order valence-electron chi connectivity index (χ4n) is 2.27. The van der Waals surface area contributed by atoms with E-state index < -0.39 is 5.82 Å². The van der Waals surface area contributed by atoms with Crippen LogP contribution in [0.4, 0.5) is 15.8 Å². The maximum Gasteiger partial charge on any atom is 0.238 e. The first-order valence-electron chi connectivity index (χ1n) is 7.63. The van der Waals surface area contributed by atoms with Crippen LogP contribution in [-0.2, 0) is 9.59 Å². The number of anilines is 2. The van der Waals surface area contributed by atoms with Crippen LogP contribution in [0.15, 0.2) is 46.9 Å². The Morgan fingerprint density at radius 3 is 2.40 bits per heavy atom. The molecule has 0 unspecified atom stereocenters. The smallest absolute Gasteiger partial charge is 0.238 e. The third-order valence-electron chi connectivity index (χ3n) is 3.40. The van der Waals surface area contributed by atoms with Crippen molar-refractivity contribution in [1.29, 1.82) is 0 Å². The Morgan fingerprint density at radius 2 is 1.76 bits per heavy atom. The summed E-state index contributed by atoms with van der Waals surface area (Å²) in [4.78, 5) is 25.6. The van der Waals surface area contributed by atoms with Crippen LogP contribution in [0.3, 0.4) is 0 Å². The van der Waals surface area contributed by atoms with Gasteiger partial charge in [0, 0.05) is 15.8 Å². The van der Waals surface area contributed by atoms with E-state index in [4.69, 9.17) is 0 Å². The van der Waals surface area contributed by atoms with Gasteiger partial charge in [-0.05, 0) is 55.9 Å². The number of hydrogen-bond acceptors (Lipinski definition) is 3. The summed E-state index contributed by atoms with van der Waals surface area (Å²) in [5.74, 6) is -0.956. The average Bonchev–Trinajstić information content (AvgIpc) is 2.49. The molecule has 7 heteroatoms. The van der Waals surface area contributed by atoms with E-state index >= 15 is 0 Å². The third kappa shape index (κ3) is 6.28. The van der Waals surface area contributed by atoms with Gasteiger partial charge in [0.05, 0.1) is 13.1 Å². The predicted octanol–water partition coefficient (Wildman–Crippen LogP) is 3.41. The van der Waals surface area contributed by atoms with Gasteiger partial charge in [-0.25, -0.2) is 4.39 Å². The topological polar surface area (TPSA) is 61.4 Å². The van der Waals surface area contributed by atoms with E-state index in [0.717, 1.165) is 15.7 Å². The SMILES string of the molecule is Cc1cc(Br)ccc1NC(=O)CN(C)CC(=O)Nc1cccc(F)c1. The standard InChI is InChI=1S/C18H19BrFN3O2/c1-12-8-13(19)6-7-16(12)22-18(25)11-23(2)10-17(24)21-15-5-3-4-14(20)9-15/h3-9H,10-11H2,1-2H3,(H,21,24)(H,22,25). The van der Waals surface area contributed by atoms with Crippen molar-refractivity contribution in [2.75, 3.05) is 30.8 Å². The minimum absolute atomic E-state index is 0.0171. The Hall–Kier alpha value is -2.25. The van der Waals surface area contributed by atoms with E-state index in [0.29, 0.717) is 5.69 Å². The second kappa shape index (κ2) is 8.73. The predicted molar refractivity (Wildman–Crippen MR) is 100 cm³/mol. The first-order valence-corrected chi connectivity index (χ1v) is 8.43. The van der Waals surface area contributed by atoms with Crippen LogP contribution >= 0.6 is 15.9 Å². The molecule has 0 radical (unpaired) electrons. The zero-order valence-corrected chi connectivity index (χ0v) is 15.6. The molecule has 0 fully saturated rings. The van der Waals surface area contributed by atoms with Crippen molar-refractivity contribution in [2.45, 2.75) is 6.92 Å². The van der Waals surface area contributed by atoms with Crippen molar-refractivity contribution in [3.05, 3.63) is 58.3 Å². The minimum Gasteiger partial charge on any atom is -0.325 e. The molecule has 0 spiro atoms. The van der Waals surface area contributed by atoms with Crippen molar-refractivity contribution in [2.24, 2.45) is 0 Å². The van der Waals surface area contributed by atoms with Gasteiger partial charge in [0.25, 0.3) is 0 Å². The van der Waals surface area contributed by atoms with E-state index in [1.165, 1.54) is 18.2 Å². The quantitative estimate of drug-likeness (QED) is 0.770. The van der Waals surface area contributed by atoms with Gasteiger partial charge >= 0.3 is 0 Å². The molecule has 2 aromatic rings. The Balaban J connectivity index is 1.83. The molecule has 2 N–H and O–H groups in total. The minimum atomic E-state index is -0.421. The van der Waals surface area contributed by atoms with Crippen LogP contribution < -0.4 is 10.6 Å². The highest BCUT2D eigenvalue weighted by atomic mass is 79.9. The lowest BCUT2D eigenvalue weighted by Crippen LogP contribution is -2.36. The summed E-state index contributed by atoms with van der Waals surface area (Å²) in [5, 5.41) is 5.41. The Morgan fingerprint density at radius 1 is 1.08 bits per heavy atom. The molecular weight excluding hydrogens is 389 g/mol. The Kier molecular flexibility index (Phi) is 6.66. The summed E-state index contributed by atoms with van der Waals surface area (Å²) < 4.78 is 14.0. The average molecular weight is 408 g/mol. The zero-order chi connectivity index (χ0) is 18.4. The summed E-state index contributed by atoms with van der Waals surface area (Å²) in [6.07, 6.45) is 0. The number of carbonyl (C=O) groups is 2. The van der Waals surface area contributed by atoms with Crippen molar-refractivity contribution in [3.8, 4) is 0 Å². The normalized spacial score (nSPS) is 10.6. The van der Waals surface area contributed by atoms with Gasteiger partial charge in [0.2, 0.25) is 11.8 Å². The maximum absolute atomic E-state index is 13.1. The zero-order valence-electron chi connectivity index (χ0n) is 14.0. The van der Waals surface area contributed by atoms with E-state index in [-0.39, 0.29) is 24.9 Å². The largest absolute Gasteiger partial charge is 0.325 e. The van der Waals surface area contributed by atoms with E-state index in [1.807, 2.05) is 25.1 Å². The molecule has 2 amide bonds. The highest BCUT2D eigenvalue weighted by molar-refractivity contribution is 9.10. The highest BCUT2D eigenvalue weighted by Crippen LogP contribution is 2.19. The van der Waals surface area contributed by atoms with Crippen molar-refractivity contribution >= 4 is 39.1 Å². The second-order valence-corrected chi connectivity index (χ2v) is 6.65. The molecule has 0 aliphatic heterocycles. The van der Waals surface area contributed by atoms with Gasteiger partial charge in [0.1, 0.15) is 5.82 Å². The molecule has 2 rings (SSSR count). The molecule has 0 aromatic heterocycles. The molecule has 5 nitrogen and oxygen atoms in total. The number of nitrogens with zero attached hydrogens (tertiary/aromatic N) is 1. The van der Waals surface area contributed by atoms with Crippen LogP contribution in [0.1, 0.15) is 5.56 Å². The molecule has 25 heavy (non-hydrogen) atoms. The number of nitrogens with one attached hydrogen (secondary N) is 2. The summed E-state index contributed by atoms with van der Waals surface area (Å²) in [6.45, 7) is 1.98.